The fraction of sp³-hybridized carbons (Fsp3) is 0.538. The van der Waals surface area contributed by atoms with Gasteiger partial charge in [-0.3, -0.25) is 0 Å². The molecule has 1 unspecified atom stereocenters. The summed E-state index contributed by atoms with van der Waals surface area (Å²) in [5, 5.41) is 0.320. The first-order valence-corrected chi connectivity index (χ1v) is 8.06. The lowest BCUT2D eigenvalue weighted by atomic mass is 9.99. The van der Waals surface area contributed by atoms with E-state index in [4.69, 9.17) is 17.3 Å². The maximum Gasteiger partial charge on any atom is 0.240 e. The van der Waals surface area contributed by atoms with E-state index in [1.54, 1.807) is 13.0 Å². The standard InChI is InChI=1S/C13H21ClN2O2S/c1-8(2)9(3)7-16-19(17,18)13-6-11(14)5-12(15)10(13)4/h5-6,8-9,16H,7,15H2,1-4H3. The molecule has 1 atom stereocenters. The first-order chi connectivity index (χ1) is 8.65. The lowest BCUT2D eigenvalue weighted by Crippen LogP contribution is -2.30. The van der Waals surface area contributed by atoms with Gasteiger partial charge in [0.15, 0.2) is 0 Å². The van der Waals surface area contributed by atoms with Gasteiger partial charge in [-0.1, -0.05) is 32.4 Å². The van der Waals surface area contributed by atoms with E-state index < -0.39 is 10.0 Å². The summed E-state index contributed by atoms with van der Waals surface area (Å²) >= 11 is 5.87. The molecule has 108 valence electrons. The molecule has 4 nitrogen and oxygen atoms in total. The predicted octanol–water partition coefficient (Wildman–Crippen LogP) is 2.80. The highest BCUT2D eigenvalue weighted by atomic mass is 35.5. The van der Waals surface area contributed by atoms with Gasteiger partial charge in [0.25, 0.3) is 0 Å². The van der Waals surface area contributed by atoms with Crippen molar-refractivity contribution in [3.05, 3.63) is 22.7 Å². The van der Waals surface area contributed by atoms with E-state index in [2.05, 4.69) is 18.6 Å². The van der Waals surface area contributed by atoms with E-state index in [1.165, 1.54) is 6.07 Å². The average molecular weight is 305 g/mol. The molecule has 0 fully saturated rings. The van der Waals surface area contributed by atoms with E-state index in [1.807, 2.05) is 6.92 Å². The van der Waals surface area contributed by atoms with Crippen LogP contribution in [0.25, 0.3) is 0 Å². The van der Waals surface area contributed by atoms with Gasteiger partial charge in [0.1, 0.15) is 0 Å². The van der Waals surface area contributed by atoms with Crippen LogP contribution < -0.4 is 10.5 Å². The van der Waals surface area contributed by atoms with Crippen LogP contribution in [0.4, 0.5) is 5.69 Å². The van der Waals surface area contributed by atoms with Gasteiger partial charge in [0.2, 0.25) is 10.0 Å². The number of anilines is 1. The van der Waals surface area contributed by atoms with Crippen LogP contribution in [-0.2, 0) is 10.0 Å². The Morgan fingerprint density at radius 1 is 1.32 bits per heavy atom. The number of nitrogens with two attached hydrogens (primary N) is 1. The third-order valence-electron chi connectivity index (χ3n) is 3.39. The number of sulfonamides is 1. The number of benzene rings is 1. The van der Waals surface area contributed by atoms with E-state index in [-0.39, 0.29) is 10.8 Å². The Hall–Kier alpha value is -0.780. The van der Waals surface area contributed by atoms with Crippen LogP contribution >= 0.6 is 11.6 Å². The molecule has 1 aromatic carbocycles. The Morgan fingerprint density at radius 2 is 1.89 bits per heavy atom. The number of hydrogen-bond acceptors (Lipinski definition) is 3. The molecule has 1 rings (SSSR count). The fourth-order valence-electron chi connectivity index (χ4n) is 1.51. The van der Waals surface area contributed by atoms with Crippen LogP contribution in [-0.4, -0.2) is 15.0 Å². The largest absolute Gasteiger partial charge is 0.398 e. The molecule has 0 aliphatic carbocycles. The van der Waals surface area contributed by atoms with Gasteiger partial charge in [-0.25, -0.2) is 13.1 Å². The lowest BCUT2D eigenvalue weighted by Gasteiger charge is -2.17. The van der Waals surface area contributed by atoms with Crippen molar-refractivity contribution in [1.82, 2.24) is 4.72 Å². The first-order valence-electron chi connectivity index (χ1n) is 6.20. The summed E-state index contributed by atoms with van der Waals surface area (Å²) in [5.74, 6) is 0.667. The van der Waals surface area contributed by atoms with Crippen LogP contribution in [0.15, 0.2) is 17.0 Å². The highest BCUT2D eigenvalue weighted by Crippen LogP contribution is 2.26. The van der Waals surface area contributed by atoms with Gasteiger partial charge in [-0.05, 0) is 36.5 Å². The molecule has 0 radical (unpaired) electrons. The fourth-order valence-corrected chi connectivity index (χ4v) is 3.24. The number of nitrogens with one attached hydrogen (secondary N) is 1. The van der Waals surface area contributed by atoms with Crippen molar-refractivity contribution in [3.63, 3.8) is 0 Å². The molecule has 0 spiro atoms. The highest BCUT2D eigenvalue weighted by Gasteiger charge is 2.20. The van der Waals surface area contributed by atoms with E-state index in [0.29, 0.717) is 28.7 Å². The second-order valence-corrected chi connectivity index (χ2v) is 7.36. The van der Waals surface area contributed by atoms with Crippen LogP contribution in [0.5, 0.6) is 0 Å². The Balaban J connectivity index is 3.01. The number of rotatable bonds is 5. The van der Waals surface area contributed by atoms with Crippen molar-refractivity contribution in [2.45, 2.75) is 32.6 Å². The zero-order valence-electron chi connectivity index (χ0n) is 11.7. The minimum atomic E-state index is -3.58. The Bertz CT molecular complexity index is 556. The zero-order chi connectivity index (χ0) is 14.8. The number of nitrogen functional groups attached to an aromatic ring is 1. The van der Waals surface area contributed by atoms with Crippen LogP contribution in [0.1, 0.15) is 26.3 Å². The monoisotopic (exact) mass is 304 g/mol. The van der Waals surface area contributed by atoms with Crippen molar-refractivity contribution in [2.24, 2.45) is 11.8 Å². The average Bonchev–Trinajstić information content (AvgIpc) is 2.30. The summed E-state index contributed by atoms with van der Waals surface area (Å²) in [7, 11) is -3.58. The molecule has 0 aromatic heterocycles. The van der Waals surface area contributed by atoms with Crippen LogP contribution in [0.2, 0.25) is 5.02 Å². The van der Waals surface area contributed by atoms with Gasteiger partial charge < -0.3 is 5.73 Å². The molecule has 0 aliphatic rings. The topological polar surface area (TPSA) is 72.2 Å². The molecular formula is C13H21ClN2O2S. The SMILES string of the molecule is Cc1c(N)cc(Cl)cc1S(=O)(=O)NCC(C)C(C)C. The first kappa shape index (κ1) is 16.3. The van der Waals surface area contributed by atoms with E-state index in [9.17, 15) is 8.42 Å². The van der Waals surface area contributed by atoms with Gasteiger partial charge in [0, 0.05) is 17.3 Å². The van der Waals surface area contributed by atoms with E-state index in [0.717, 1.165) is 0 Å². The van der Waals surface area contributed by atoms with Crippen molar-refractivity contribution in [2.75, 3.05) is 12.3 Å². The third kappa shape index (κ3) is 4.09. The minimum absolute atomic E-state index is 0.147. The molecule has 0 saturated carbocycles. The number of hydrogen-bond donors (Lipinski definition) is 2. The summed E-state index contributed by atoms with van der Waals surface area (Å²) in [4.78, 5) is 0.147. The Morgan fingerprint density at radius 3 is 2.42 bits per heavy atom. The summed E-state index contributed by atoms with van der Waals surface area (Å²) < 4.78 is 27.1. The smallest absolute Gasteiger partial charge is 0.240 e. The molecule has 1 aromatic rings. The summed E-state index contributed by atoms with van der Waals surface area (Å²) in [5.41, 5.74) is 6.65. The zero-order valence-corrected chi connectivity index (χ0v) is 13.3. The van der Waals surface area contributed by atoms with Crippen LogP contribution in [0, 0.1) is 18.8 Å². The molecule has 0 saturated heterocycles. The predicted molar refractivity (Wildman–Crippen MR) is 79.8 cm³/mol. The lowest BCUT2D eigenvalue weighted by molar-refractivity contribution is 0.414. The van der Waals surface area contributed by atoms with Crippen LogP contribution in [0.3, 0.4) is 0 Å². The quantitative estimate of drug-likeness (QED) is 0.822. The van der Waals surface area contributed by atoms with Crippen molar-refractivity contribution < 1.29 is 8.42 Å². The second kappa shape index (κ2) is 6.11. The normalized spacial score (nSPS) is 13.8. The van der Waals surface area contributed by atoms with Gasteiger partial charge in [-0.2, -0.15) is 0 Å². The summed E-state index contributed by atoms with van der Waals surface area (Å²) in [6.45, 7) is 8.19. The van der Waals surface area contributed by atoms with Crippen molar-refractivity contribution in [3.8, 4) is 0 Å². The van der Waals surface area contributed by atoms with E-state index >= 15 is 0 Å². The van der Waals surface area contributed by atoms with Crippen molar-refractivity contribution in [1.29, 1.82) is 0 Å². The third-order valence-corrected chi connectivity index (χ3v) is 5.16. The Labute approximate surface area is 120 Å². The molecule has 6 heteroatoms. The van der Waals surface area contributed by atoms with Crippen molar-refractivity contribution >= 4 is 27.3 Å². The molecule has 3 N–H and O–H groups in total. The summed E-state index contributed by atoms with van der Waals surface area (Å²) in [6.07, 6.45) is 0. The molecule has 0 bridgehead atoms. The number of halogens is 1. The summed E-state index contributed by atoms with van der Waals surface area (Å²) in [6, 6.07) is 2.97. The molecule has 0 aliphatic heterocycles. The maximum absolute atomic E-state index is 12.3. The minimum Gasteiger partial charge on any atom is -0.398 e. The molecule has 0 amide bonds. The van der Waals surface area contributed by atoms with Gasteiger partial charge in [-0.15, -0.1) is 0 Å². The highest BCUT2D eigenvalue weighted by molar-refractivity contribution is 7.89. The molecular weight excluding hydrogens is 284 g/mol. The Kier molecular flexibility index (Phi) is 5.24. The second-order valence-electron chi connectivity index (χ2n) is 5.19. The van der Waals surface area contributed by atoms with Gasteiger partial charge in [0.05, 0.1) is 4.90 Å². The molecule has 19 heavy (non-hydrogen) atoms. The van der Waals surface area contributed by atoms with Gasteiger partial charge >= 0.3 is 0 Å². The molecule has 0 heterocycles. The maximum atomic E-state index is 12.3.